The van der Waals surface area contributed by atoms with Crippen molar-refractivity contribution in [3.8, 4) is 44.5 Å². The minimum Gasteiger partial charge on any atom is -0.456 e. The second-order valence-electron chi connectivity index (χ2n) is 14.8. The van der Waals surface area contributed by atoms with Crippen molar-refractivity contribution in [3.05, 3.63) is 194 Å². The van der Waals surface area contributed by atoms with Crippen LogP contribution >= 0.6 is 0 Å². The molecule has 12 aromatic rings. The van der Waals surface area contributed by atoms with Crippen LogP contribution in [-0.4, -0.2) is 0 Å². The van der Waals surface area contributed by atoms with E-state index in [1.165, 1.54) is 54.9 Å². The van der Waals surface area contributed by atoms with E-state index in [9.17, 15) is 0 Å². The first-order valence-corrected chi connectivity index (χ1v) is 19.1. The summed E-state index contributed by atoms with van der Waals surface area (Å²) in [5.41, 5.74) is 13.0. The van der Waals surface area contributed by atoms with E-state index >= 15 is 0 Å². The van der Waals surface area contributed by atoms with Crippen LogP contribution in [0.3, 0.4) is 0 Å². The van der Waals surface area contributed by atoms with Gasteiger partial charge in [0.15, 0.2) is 0 Å². The predicted octanol–water partition coefficient (Wildman–Crippen LogP) is 15.6. The van der Waals surface area contributed by atoms with Gasteiger partial charge >= 0.3 is 0 Å². The molecule has 0 spiro atoms. The lowest BCUT2D eigenvalue weighted by molar-refractivity contribution is 0.668. The molecule has 0 aliphatic rings. The van der Waals surface area contributed by atoms with Crippen LogP contribution in [0, 0.1) is 0 Å². The Balaban J connectivity index is 1.02. The third-order valence-corrected chi connectivity index (χ3v) is 11.6. The zero-order valence-electron chi connectivity index (χ0n) is 30.3. The summed E-state index contributed by atoms with van der Waals surface area (Å²) in [6.07, 6.45) is 0. The fourth-order valence-electron chi connectivity index (χ4n) is 8.96. The van der Waals surface area contributed by atoms with E-state index in [2.05, 4.69) is 194 Å². The molecule has 260 valence electrons. The second kappa shape index (κ2) is 12.0. The maximum absolute atomic E-state index is 6.66. The molecule has 0 bridgehead atoms. The highest BCUT2D eigenvalue weighted by Gasteiger charge is 2.19. The summed E-state index contributed by atoms with van der Waals surface area (Å²) in [4.78, 5) is 0. The molecule has 0 fully saturated rings. The average Bonchev–Trinajstić information content (AvgIpc) is 3.84. The third kappa shape index (κ3) is 4.76. The van der Waals surface area contributed by atoms with Gasteiger partial charge in [-0.3, -0.25) is 0 Å². The van der Waals surface area contributed by atoms with Gasteiger partial charge in [0.1, 0.15) is 22.3 Å². The van der Waals surface area contributed by atoms with Crippen molar-refractivity contribution in [1.82, 2.24) is 0 Å². The number of hydrogen-bond acceptors (Lipinski definition) is 2. The second-order valence-corrected chi connectivity index (χ2v) is 14.8. The van der Waals surface area contributed by atoms with Crippen molar-refractivity contribution >= 4 is 76.2 Å². The summed E-state index contributed by atoms with van der Waals surface area (Å²) in [6, 6.07) is 69.7. The minimum absolute atomic E-state index is 0.878. The highest BCUT2D eigenvalue weighted by Crippen LogP contribution is 2.44. The summed E-state index contributed by atoms with van der Waals surface area (Å²) in [6.45, 7) is 0. The smallest absolute Gasteiger partial charge is 0.136 e. The maximum atomic E-state index is 6.66. The van der Waals surface area contributed by atoms with Crippen LogP contribution in [0.25, 0.3) is 121 Å². The first-order chi connectivity index (χ1) is 27.7. The summed E-state index contributed by atoms with van der Waals surface area (Å²) < 4.78 is 13.3. The number of fused-ring (bicyclic) bond motifs is 11. The highest BCUT2D eigenvalue weighted by molar-refractivity contribution is 6.27. The Hall–Kier alpha value is -7.42. The molecular weight excluding hydrogens is 681 g/mol. The Morgan fingerprint density at radius 1 is 0.232 bits per heavy atom. The van der Waals surface area contributed by atoms with E-state index in [0.29, 0.717) is 0 Å². The Kier molecular flexibility index (Phi) is 6.66. The Morgan fingerprint density at radius 2 is 0.571 bits per heavy atom. The molecule has 2 heteroatoms. The van der Waals surface area contributed by atoms with E-state index in [1.54, 1.807) is 0 Å². The van der Waals surface area contributed by atoms with Crippen molar-refractivity contribution in [2.24, 2.45) is 0 Å². The van der Waals surface area contributed by atoms with Crippen LogP contribution in [0.1, 0.15) is 0 Å². The van der Waals surface area contributed by atoms with Gasteiger partial charge < -0.3 is 8.83 Å². The number of benzene rings is 10. The van der Waals surface area contributed by atoms with Crippen molar-refractivity contribution in [2.75, 3.05) is 0 Å². The first kappa shape index (κ1) is 31.0. The Labute approximate surface area is 322 Å². The molecular formula is C54H32O2. The van der Waals surface area contributed by atoms with Crippen LogP contribution in [0.4, 0.5) is 0 Å². The predicted molar refractivity (Wildman–Crippen MR) is 235 cm³/mol. The van der Waals surface area contributed by atoms with Crippen LogP contribution in [0.5, 0.6) is 0 Å². The summed E-state index contributed by atoms with van der Waals surface area (Å²) in [5, 5.41) is 11.7. The van der Waals surface area contributed by atoms with Crippen molar-refractivity contribution in [3.63, 3.8) is 0 Å². The van der Waals surface area contributed by atoms with E-state index in [0.717, 1.165) is 65.8 Å². The van der Waals surface area contributed by atoms with E-state index in [4.69, 9.17) is 8.83 Å². The van der Waals surface area contributed by atoms with Gasteiger partial charge in [-0.1, -0.05) is 121 Å². The molecule has 0 saturated heterocycles. The quantitative estimate of drug-likeness (QED) is 0.182. The molecule has 10 aromatic carbocycles. The molecule has 0 N–H and O–H groups in total. The van der Waals surface area contributed by atoms with Gasteiger partial charge in [-0.25, -0.2) is 0 Å². The van der Waals surface area contributed by atoms with Gasteiger partial charge in [-0.05, 0) is 150 Å². The number of hydrogen-bond donors (Lipinski definition) is 0. The average molecular weight is 713 g/mol. The highest BCUT2D eigenvalue weighted by atomic mass is 16.3. The topological polar surface area (TPSA) is 26.3 Å². The molecule has 12 rings (SSSR count). The molecule has 0 aliphatic heterocycles. The fraction of sp³-hybridized carbons (Fsp3) is 0. The van der Waals surface area contributed by atoms with E-state index in [-0.39, 0.29) is 0 Å². The lowest BCUT2D eigenvalue weighted by Gasteiger charge is -2.13. The molecule has 0 saturated carbocycles. The van der Waals surface area contributed by atoms with Gasteiger partial charge in [0.2, 0.25) is 0 Å². The summed E-state index contributed by atoms with van der Waals surface area (Å²) >= 11 is 0. The zero-order valence-corrected chi connectivity index (χ0v) is 30.3. The lowest BCUT2D eigenvalue weighted by Crippen LogP contribution is -1.87. The zero-order chi connectivity index (χ0) is 36.7. The Morgan fingerprint density at radius 3 is 0.964 bits per heavy atom. The van der Waals surface area contributed by atoms with Crippen LogP contribution in [0.15, 0.2) is 203 Å². The summed E-state index contributed by atoms with van der Waals surface area (Å²) in [5.74, 6) is 0. The summed E-state index contributed by atoms with van der Waals surface area (Å²) in [7, 11) is 0. The van der Waals surface area contributed by atoms with Crippen LogP contribution in [-0.2, 0) is 0 Å². The minimum atomic E-state index is 0.878. The molecule has 0 atom stereocenters. The molecule has 0 radical (unpaired) electrons. The molecule has 2 nitrogen and oxygen atoms in total. The van der Waals surface area contributed by atoms with E-state index < -0.39 is 0 Å². The molecule has 2 heterocycles. The molecule has 0 aliphatic carbocycles. The van der Waals surface area contributed by atoms with Crippen LogP contribution < -0.4 is 0 Å². The monoisotopic (exact) mass is 712 g/mol. The number of rotatable bonds is 4. The molecule has 2 aromatic heterocycles. The first-order valence-electron chi connectivity index (χ1n) is 19.1. The molecule has 0 amide bonds. The van der Waals surface area contributed by atoms with Gasteiger partial charge in [-0.2, -0.15) is 0 Å². The normalized spacial score (nSPS) is 11.9. The lowest BCUT2D eigenvalue weighted by atomic mass is 9.90. The fourth-order valence-corrected chi connectivity index (χ4v) is 8.96. The van der Waals surface area contributed by atoms with E-state index in [1.807, 2.05) is 0 Å². The van der Waals surface area contributed by atoms with Gasteiger partial charge in [0, 0.05) is 21.5 Å². The van der Waals surface area contributed by atoms with Gasteiger partial charge in [0.05, 0.1) is 0 Å². The SMILES string of the molecule is c1ccc(-c2cc3ccccc3cc2-c2ccc3c(c2)oc2ccc4c(ccc5oc6cc(-c7cc8ccccc8cc7-c7ccccc7)ccc6c54)c23)cc1. The van der Waals surface area contributed by atoms with Gasteiger partial charge in [-0.15, -0.1) is 0 Å². The molecule has 0 unspecified atom stereocenters. The standard InChI is InChI=1S/C54H32O2/c1-3-11-33(12-4-1)45-27-35-15-7-9-17-37(35)29-47(45)39-19-21-43-51(31-39)55-49-25-23-42-41(53(43)49)24-26-50-54(42)44-22-20-40(32-52(44)56-50)48-30-38-18-10-8-16-36(38)28-46(48)34-13-5-2-6-14-34/h1-32H. The van der Waals surface area contributed by atoms with Gasteiger partial charge in [0.25, 0.3) is 0 Å². The van der Waals surface area contributed by atoms with Crippen LogP contribution in [0.2, 0.25) is 0 Å². The molecule has 56 heavy (non-hydrogen) atoms. The van der Waals surface area contributed by atoms with Crippen molar-refractivity contribution in [1.29, 1.82) is 0 Å². The third-order valence-electron chi connectivity index (χ3n) is 11.6. The number of furan rings is 2. The Bertz CT molecular complexity index is 3280. The van der Waals surface area contributed by atoms with Crippen molar-refractivity contribution in [2.45, 2.75) is 0 Å². The largest absolute Gasteiger partial charge is 0.456 e. The van der Waals surface area contributed by atoms with Crippen molar-refractivity contribution < 1.29 is 8.83 Å². The maximum Gasteiger partial charge on any atom is 0.136 e.